The van der Waals surface area contributed by atoms with Crippen molar-refractivity contribution in [2.24, 2.45) is 5.92 Å². The molecule has 0 unspecified atom stereocenters. The molecule has 0 aromatic carbocycles. The van der Waals surface area contributed by atoms with Crippen molar-refractivity contribution in [1.82, 2.24) is 25.3 Å². The van der Waals surface area contributed by atoms with Crippen LogP contribution < -0.4 is 15.4 Å². The molecule has 3 aromatic rings. The van der Waals surface area contributed by atoms with E-state index in [0.717, 1.165) is 47.7 Å². The summed E-state index contributed by atoms with van der Waals surface area (Å²) in [6, 6.07) is 5.80. The van der Waals surface area contributed by atoms with Crippen molar-refractivity contribution < 1.29 is 4.74 Å². The van der Waals surface area contributed by atoms with Gasteiger partial charge in [-0.2, -0.15) is 0 Å². The third kappa shape index (κ3) is 5.31. The molecule has 0 aliphatic carbocycles. The zero-order valence-electron chi connectivity index (χ0n) is 16.8. The van der Waals surface area contributed by atoms with Crippen LogP contribution in [0.1, 0.15) is 26.7 Å². The molecule has 0 saturated carbocycles. The van der Waals surface area contributed by atoms with Crippen LogP contribution >= 0.6 is 12.4 Å². The molecule has 8 heteroatoms. The lowest BCUT2D eigenvalue weighted by molar-refractivity contribution is 0.232. The smallest absolute Gasteiger partial charge is 0.213 e. The molecule has 7 nitrogen and oxygen atoms in total. The number of pyridine rings is 2. The van der Waals surface area contributed by atoms with E-state index in [1.54, 1.807) is 18.6 Å². The molecule has 4 heterocycles. The second kappa shape index (κ2) is 9.80. The number of fused-ring (bicyclic) bond motifs is 1. The Labute approximate surface area is 177 Å². The largest absolute Gasteiger partial charge is 0.475 e. The minimum Gasteiger partial charge on any atom is -0.475 e. The molecule has 0 radical (unpaired) electrons. The van der Waals surface area contributed by atoms with Crippen LogP contribution in [0.5, 0.6) is 5.88 Å². The van der Waals surface area contributed by atoms with E-state index in [1.807, 2.05) is 32.0 Å². The Morgan fingerprint density at radius 3 is 2.79 bits per heavy atom. The summed E-state index contributed by atoms with van der Waals surface area (Å²) in [5, 5.41) is 6.96. The molecule has 1 atom stereocenters. The molecule has 2 N–H and O–H groups in total. The van der Waals surface area contributed by atoms with E-state index in [0.29, 0.717) is 11.8 Å². The Bertz CT molecular complexity index is 928. The van der Waals surface area contributed by atoms with Gasteiger partial charge in [-0.3, -0.25) is 4.98 Å². The van der Waals surface area contributed by atoms with Crippen molar-refractivity contribution in [2.75, 3.05) is 25.0 Å². The van der Waals surface area contributed by atoms with E-state index in [9.17, 15) is 0 Å². The van der Waals surface area contributed by atoms with Gasteiger partial charge in [-0.25, -0.2) is 15.0 Å². The summed E-state index contributed by atoms with van der Waals surface area (Å²) >= 11 is 0. The Kier molecular flexibility index (Phi) is 7.17. The maximum absolute atomic E-state index is 5.63. The maximum Gasteiger partial charge on any atom is 0.213 e. The van der Waals surface area contributed by atoms with Crippen molar-refractivity contribution in [3.8, 4) is 17.1 Å². The molecule has 29 heavy (non-hydrogen) atoms. The van der Waals surface area contributed by atoms with Crippen molar-refractivity contribution in [2.45, 2.75) is 32.8 Å². The highest BCUT2D eigenvalue weighted by molar-refractivity contribution is 5.88. The van der Waals surface area contributed by atoms with Crippen LogP contribution in [-0.2, 0) is 0 Å². The van der Waals surface area contributed by atoms with Gasteiger partial charge in [0.15, 0.2) is 5.82 Å². The number of nitrogens with zero attached hydrogens (tertiary/aromatic N) is 4. The van der Waals surface area contributed by atoms with E-state index >= 15 is 0 Å². The minimum atomic E-state index is 0. The second-order valence-electron chi connectivity index (χ2n) is 7.43. The molecule has 0 bridgehead atoms. The topological polar surface area (TPSA) is 84.9 Å². The second-order valence-corrected chi connectivity index (χ2v) is 7.43. The SMILES string of the molecule is CC(C)Oc1ccc(-c2cc3nccnc3c(NC[C@H]3CCCNC3)n2)cn1.Cl. The van der Waals surface area contributed by atoms with Crippen LogP contribution in [0.15, 0.2) is 36.8 Å². The lowest BCUT2D eigenvalue weighted by Crippen LogP contribution is -2.33. The van der Waals surface area contributed by atoms with Crippen LogP contribution in [0.4, 0.5) is 5.82 Å². The summed E-state index contributed by atoms with van der Waals surface area (Å²) in [7, 11) is 0. The predicted octanol–water partition coefficient (Wildman–Crippen LogP) is 3.71. The molecule has 3 aromatic heterocycles. The Morgan fingerprint density at radius 2 is 2.07 bits per heavy atom. The summed E-state index contributed by atoms with van der Waals surface area (Å²) < 4.78 is 5.63. The quantitative estimate of drug-likeness (QED) is 0.635. The van der Waals surface area contributed by atoms with Crippen molar-refractivity contribution in [3.05, 3.63) is 36.8 Å². The van der Waals surface area contributed by atoms with Gasteiger partial charge in [0.25, 0.3) is 0 Å². The number of rotatable bonds is 6. The third-order valence-corrected chi connectivity index (χ3v) is 4.80. The average Bonchev–Trinajstić information content (AvgIpc) is 2.73. The minimum absolute atomic E-state index is 0. The fourth-order valence-corrected chi connectivity index (χ4v) is 3.43. The van der Waals surface area contributed by atoms with Crippen LogP contribution in [0, 0.1) is 5.92 Å². The molecule has 0 amide bonds. The van der Waals surface area contributed by atoms with E-state index in [1.165, 1.54) is 12.8 Å². The first kappa shape index (κ1) is 21.2. The number of halogens is 1. The fraction of sp³-hybridized carbons (Fsp3) is 0.429. The van der Waals surface area contributed by atoms with Gasteiger partial charge in [0.05, 0.1) is 17.3 Å². The number of hydrogen-bond donors (Lipinski definition) is 2. The zero-order chi connectivity index (χ0) is 19.3. The molecule has 1 fully saturated rings. The zero-order valence-corrected chi connectivity index (χ0v) is 17.6. The first-order valence-electron chi connectivity index (χ1n) is 9.88. The lowest BCUT2D eigenvalue weighted by atomic mass is 10.00. The van der Waals surface area contributed by atoms with Crippen LogP contribution in [-0.4, -0.2) is 45.7 Å². The van der Waals surface area contributed by atoms with Gasteiger partial charge < -0.3 is 15.4 Å². The van der Waals surface area contributed by atoms with E-state index in [2.05, 4.69) is 25.6 Å². The highest BCUT2D eigenvalue weighted by Gasteiger charge is 2.15. The van der Waals surface area contributed by atoms with Gasteiger partial charge in [-0.15, -0.1) is 12.4 Å². The predicted molar refractivity (Wildman–Crippen MR) is 118 cm³/mol. The van der Waals surface area contributed by atoms with Gasteiger partial charge >= 0.3 is 0 Å². The lowest BCUT2D eigenvalue weighted by Gasteiger charge is -2.23. The molecule has 1 saturated heterocycles. The Morgan fingerprint density at radius 1 is 1.21 bits per heavy atom. The summed E-state index contributed by atoms with van der Waals surface area (Å²) in [6.45, 7) is 6.99. The number of hydrogen-bond acceptors (Lipinski definition) is 7. The molecular weight excluding hydrogens is 388 g/mol. The van der Waals surface area contributed by atoms with E-state index < -0.39 is 0 Å². The summed E-state index contributed by atoms with van der Waals surface area (Å²) in [6.07, 6.45) is 7.74. The van der Waals surface area contributed by atoms with Gasteiger partial charge in [-0.1, -0.05) is 0 Å². The van der Waals surface area contributed by atoms with Gasteiger partial charge in [0.2, 0.25) is 5.88 Å². The standard InChI is InChI=1S/C21H26N6O.ClH/c1-14(2)28-19-6-5-16(13-25-19)17-10-18-20(24-9-8-23-18)21(27-17)26-12-15-4-3-7-22-11-15;/h5-6,8-10,13-15,22H,3-4,7,11-12H2,1-2H3,(H,26,27);1H/t15-;/m0./s1. The number of anilines is 1. The summed E-state index contributed by atoms with van der Waals surface area (Å²) in [4.78, 5) is 18.2. The highest BCUT2D eigenvalue weighted by Crippen LogP contribution is 2.26. The van der Waals surface area contributed by atoms with E-state index in [-0.39, 0.29) is 18.5 Å². The Hall–Kier alpha value is -2.51. The highest BCUT2D eigenvalue weighted by atomic mass is 35.5. The number of ether oxygens (including phenoxy) is 1. The number of piperidine rings is 1. The van der Waals surface area contributed by atoms with Gasteiger partial charge in [0, 0.05) is 36.8 Å². The third-order valence-electron chi connectivity index (χ3n) is 4.80. The number of aromatic nitrogens is 4. The molecule has 154 valence electrons. The van der Waals surface area contributed by atoms with Crippen LogP contribution in [0.3, 0.4) is 0 Å². The monoisotopic (exact) mass is 414 g/mol. The molecular formula is C21H27ClN6O. The molecule has 4 rings (SSSR count). The summed E-state index contributed by atoms with van der Waals surface area (Å²) in [5.74, 6) is 1.98. The molecule has 1 aliphatic rings. The first-order chi connectivity index (χ1) is 13.7. The van der Waals surface area contributed by atoms with Crippen molar-refractivity contribution in [1.29, 1.82) is 0 Å². The molecule has 1 aliphatic heterocycles. The summed E-state index contributed by atoms with van der Waals surface area (Å²) in [5.41, 5.74) is 3.36. The van der Waals surface area contributed by atoms with Crippen LogP contribution in [0.25, 0.3) is 22.3 Å². The van der Waals surface area contributed by atoms with Gasteiger partial charge in [-0.05, 0) is 57.8 Å². The Balaban J connectivity index is 0.00000240. The normalized spacial score (nSPS) is 16.4. The fourth-order valence-electron chi connectivity index (χ4n) is 3.43. The maximum atomic E-state index is 5.63. The molecule has 0 spiro atoms. The average molecular weight is 415 g/mol. The van der Waals surface area contributed by atoms with Crippen molar-refractivity contribution in [3.63, 3.8) is 0 Å². The van der Waals surface area contributed by atoms with Crippen molar-refractivity contribution >= 4 is 29.3 Å². The first-order valence-corrected chi connectivity index (χ1v) is 9.88. The van der Waals surface area contributed by atoms with E-state index in [4.69, 9.17) is 9.72 Å². The number of nitrogens with one attached hydrogen (secondary N) is 2. The van der Waals surface area contributed by atoms with Crippen LogP contribution in [0.2, 0.25) is 0 Å². The van der Waals surface area contributed by atoms with Gasteiger partial charge in [0.1, 0.15) is 5.52 Å².